The number of carbonyl (C=O) groups is 1. The molecule has 0 aromatic carbocycles. The SMILES string of the molecule is O=C(Cc1cscn1)Oc1cccnc1. The molecule has 76 valence electrons. The first-order chi connectivity index (χ1) is 7.34. The normalized spacial score (nSPS) is 9.87. The van der Waals surface area contributed by atoms with E-state index in [0.29, 0.717) is 5.75 Å². The lowest BCUT2D eigenvalue weighted by molar-refractivity contribution is -0.133. The molecule has 2 aromatic heterocycles. The Kier molecular flexibility index (Phi) is 3.04. The maximum Gasteiger partial charge on any atom is 0.317 e. The average molecular weight is 220 g/mol. The minimum Gasteiger partial charge on any atom is -0.425 e. The maximum atomic E-state index is 11.4. The van der Waals surface area contributed by atoms with Crippen molar-refractivity contribution in [2.45, 2.75) is 6.42 Å². The van der Waals surface area contributed by atoms with E-state index in [-0.39, 0.29) is 12.4 Å². The van der Waals surface area contributed by atoms with Crippen LogP contribution in [0.2, 0.25) is 0 Å². The Hall–Kier alpha value is -1.75. The third kappa shape index (κ3) is 2.85. The van der Waals surface area contributed by atoms with E-state index in [1.165, 1.54) is 17.5 Å². The van der Waals surface area contributed by atoms with Crippen molar-refractivity contribution < 1.29 is 9.53 Å². The van der Waals surface area contributed by atoms with Crippen LogP contribution in [0.25, 0.3) is 0 Å². The van der Waals surface area contributed by atoms with Gasteiger partial charge < -0.3 is 4.74 Å². The lowest BCUT2D eigenvalue weighted by Gasteiger charge is -2.01. The smallest absolute Gasteiger partial charge is 0.317 e. The molecule has 0 aliphatic heterocycles. The number of pyridine rings is 1. The molecule has 2 aromatic rings. The molecule has 5 heteroatoms. The molecule has 0 N–H and O–H groups in total. The summed E-state index contributed by atoms with van der Waals surface area (Å²) in [6, 6.07) is 3.40. The number of hydrogen-bond acceptors (Lipinski definition) is 5. The third-order valence-corrected chi connectivity index (χ3v) is 2.31. The number of aromatic nitrogens is 2. The first-order valence-electron chi connectivity index (χ1n) is 4.32. The molecule has 15 heavy (non-hydrogen) atoms. The van der Waals surface area contributed by atoms with Crippen LogP contribution in [0.4, 0.5) is 0 Å². The summed E-state index contributed by atoms with van der Waals surface area (Å²) in [5.41, 5.74) is 2.42. The molecule has 2 heterocycles. The van der Waals surface area contributed by atoms with Gasteiger partial charge in [-0.1, -0.05) is 0 Å². The molecular weight excluding hydrogens is 212 g/mol. The van der Waals surface area contributed by atoms with Crippen LogP contribution < -0.4 is 4.74 Å². The van der Waals surface area contributed by atoms with Crippen molar-refractivity contribution in [2.24, 2.45) is 0 Å². The molecule has 0 amide bonds. The van der Waals surface area contributed by atoms with E-state index in [4.69, 9.17) is 4.74 Å². The van der Waals surface area contributed by atoms with Gasteiger partial charge >= 0.3 is 5.97 Å². The molecule has 0 fully saturated rings. The monoisotopic (exact) mass is 220 g/mol. The largest absolute Gasteiger partial charge is 0.425 e. The van der Waals surface area contributed by atoms with Gasteiger partial charge in [0.25, 0.3) is 0 Å². The number of rotatable bonds is 3. The molecule has 0 bridgehead atoms. The fourth-order valence-electron chi connectivity index (χ4n) is 1.05. The lowest BCUT2D eigenvalue weighted by atomic mass is 10.3. The zero-order chi connectivity index (χ0) is 10.5. The van der Waals surface area contributed by atoms with Gasteiger partial charge in [-0.15, -0.1) is 11.3 Å². The van der Waals surface area contributed by atoms with Gasteiger partial charge in [0, 0.05) is 11.6 Å². The second-order valence-corrected chi connectivity index (χ2v) is 3.54. The number of carbonyl (C=O) groups excluding carboxylic acids is 1. The van der Waals surface area contributed by atoms with Crippen LogP contribution in [-0.4, -0.2) is 15.9 Å². The zero-order valence-electron chi connectivity index (χ0n) is 7.79. The molecule has 0 saturated carbocycles. The third-order valence-electron chi connectivity index (χ3n) is 1.68. The van der Waals surface area contributed by atoms with Crippen LogP contribution in [0, 0.1) is 0 Å². The van der Waals surface area contributed by atoms with Crippen molar-refractivity contribution in [3.8, 4) is 5.75 Å². The Morgan fingerprint density at radius 3 is 3.13 bits per heavy atom. The summed E-state index contributed by atoms with van der Waals surface area (Å²) in [7, 11) is 0. The molecular formula is C10H8N2O2S. The standard InChI is InChI=1S/C10H8N2O2S/c13-10(4-8-6-15-7-12-8)14-9-2-1-3-11-5-9/h1-3,5-7H,4H2. The molecule has 0 spiro atoms. The number of ether oxygens (including phenoxy) is 1. The topological polar surface area (TPSA) is 52.1 Å². The summed E-state index contributed by atoms with van der Waals surface area (Å²) in [6.45, 7) is 0. The van der Waals surface area contributed by atoms with Crippen molar-refractivity contribution in [2.75, 3.05) is 0 Å². The molecule has 0 atom stereocenters. The average Bonchev–Trinajstić information content (AvgIpc) is 2.71. The van der Waals surface area contributed by atoms with Gasteiger partial charge in [0.2, 0.25) is 0 Å². The summed E-state index contributed by atoms with van der Waals surface area (Å²) in [4.78, 5) is 19.2. The minimum atomic E-state index is -0.325. The molecule has 4 nitrogen and oxygen atoms in total. The fourth-order valence-corrected chi connectivity index (χ4v) is 1.61. The van der Waals surface area contributed by atoms with Gasteiger partial charge in [-0.05, 0) is 12.1 Å². The molecule has 0 aliphatic rings. The van der Waals surface area contributed by atoms with Crippen molar-refractivity contribution in [1.82, 2.24) is 9.97 Å². The Morgan fingerprint density at radius 2 is 2.47 bits per heavy atom. The van der Waals surface area contributed by atoms with Gasteiger partial charge in [0.15, 0.2) is 0 Å². The fraction of sp³-hybridized carbons (Fsp3) is 0.100. The molecule has 0 aliphatic carbocycles. The summed E-state index contributed by atoms with van der Waals surface area (Å²) in [5.74, 6) is 0.131. The van der Waals surface area contributed by atoms with Crippen LogP contribution in [0.3, 0.4) is 0 Å². The Labute approximate surface area is 90.6 Å². The Bertz CT molecular complexity index is 428. The summed E-state index contributed by atoms with van der Waals surface area (Å²) in [5, 5.41) is 1.82. The van der Waals surface area contributed by atoms with Crippen molar-refractivity contribution in [3.63, 3.8) is 0 Å². The van der Waals surface area contributed by atoms with E-state index < -0.39 is 0 Å². The van der Waals surface area contributed by atoms with E-state index >= 15 is 0 Å². The van der Waals surface area contributed by atoms with Crippen LogP contribution in [0.5, 0.6) is 5.75 Å². The Balaban J connectivity index is 1.94. The second kappa shape index (κ2) is 4.65. The molecule has 2 rings (SSSR count). The van der Waals surface area contributed by atoms with Crippen molar-refractivity contribution >= 4 is 17.3 Å². The molecule has 0 unspecified atom stereocenters. The number of nitrogens with zero attached hydrogens (tertiary/aromatic N) is 2. The predicted molar refractivity (Wildman–Crippen MR) is 55.7 cm³/mol. The number of thiazole rings is 1. The number of hydrogen-bond donors (Lipinski definition) is 0. The first-order valence-corrected chi connectivity index (χ1v) is 5.26. The molecule has 0 saturated heterocycles. The zero-order valence-corrected chi connectivity index (χ0v) is 8.61. The van der Waals surface area contributed by atoms with Gasteiger partial charge in [0.05, 0.1) is 23.8 Å². The summed E-state index contributed by atoms with van der Waals surface area (Å²) >= 11 is 1.46. The van der Waals surface area contributed by atoms with Gasteiger partial charge in [-0.3, -0.25) is 9.78 Å². The van der Waals surface area contributed by atoms with Crippen LogP contribution in [0.15, 0.2) is 35.4 Å². The highest BCUT2D eigenvalue weighted by Crippen LogP contribution is 2.08. The van der Waals surface area contributed by atoms with E-state index in [0.717, 1.165) is 5.69 Å². The van der Waals surface area contributed by atoms with Gasteiger partial charge in [0.1, 0.15) is 5.75 Å². The molecule has 0 radical (unpaired) electrons. The van der Waals surface area contributed by atoms with E-state index in [9.17, 15) is 4.79 Å². The highest BCUT2D eigenvalue weighted by atomic mass is 32.1. The summed E-state index contributed by atoms with van der Waals surface area (Å²) in [6.07, 6.45) is 3.31. The van der Waals surface area contributed by atoms with E-state index in [1.807, 2.05) is 5.38 Å². The highest BCUT2D eigenvalue weighted by molar-refractivity contribution is 7.07. The maximum absolute atomic E-state index is 11.4. The number of esters is 1. The quantitative estimate of drug-likeness (QED) is 0.738. The minimum absolute atomic E-state index is 0.193. The van der Waals surface area contributed by atoms with Crippen LogP contribution >= 0.6 is 11.3 Å². The van der Waals surface area contributed by atoms with Crippen LogP contribution in [0.1, 0.15) is 5.69 Å². The lowest BCUT2D eigenvalue weighted by Crippen LogP contribution is -2.11. The van der Waals surface area contributed by atoms with Gasteiger partial charge in [-0.25, -0.2) is 4.98 Å². The van der Waals surface area contributed by atoms with E-state index in [1.54, 1.807) is 23.8 Å². The Morgan fingerprint density at radius 1 is 1.53 bits per heavy atom. The summed E-state index contributed by atoms with van der Waals surface area (Å²) < 4.78 is 5.05. The van der Waals surface area contributed by atoms with E-state index in [2.05, 4.69) is 9.97 Å². The van der Waals surface area contributed by atoms with Crippen molar-refractivity contribution in [1.29, 1.82) is 0 Å². The first kappa shape index (κ1) is 9.79. The van der Waals surface area contributed by atoms with Crippen LogP contribution in [-0.2, 0) is 11.2 Å². The second-order valence-electron chi connectivity index (χ2n) is 2.82. The van der Waals surface area contributed by atoms with Crippen molar-refractivity contribution in [3.05, 3.63) is 41.1 Å². The predicted octanol–water partition coefficient (Wildman–Crippen LogP) is 1.69. The highest BCUT2D eigenvalue weighted by Gasteiger charge is 2.07. The van der Waals surface area contributed by atoms with Gasteiger partial charge in [-0.2, -0.15) is 0 Å².